The van der Waals surface area contributed by atoms with Gasteiger partial charge in [-0.15, -0.1) is 13.2 Å². The van der Waals surface area contributed by atoms with Gasteiger partial charge in [-0.05, 0) is 18.9 Å². The standard InChI is InChI=1S/C9H13F3NO/c1-3-7(4-2)8-5-6-14-13(8)9(10,11)12/h5-7H,3-4H2,1-2H3. The lowest BCUT2D eigenvalue weighted by Crippen LogP contribution is -2.36. The average Bonchev–Trinajstić information content (AvgIpc) is 2.54. The van der Waals surface area contributed by atoms with Crippen LogP contribution >= 0.6 is 0 Å². The highest BCUT2D eigenvalue weighted by atomic mass is 19.4. The molecule has 2 nitrogen and oxygen atoms in total. The fourth-order valence-electron chi connectivity index (χ4n) is 1.50. The second-order valence-electron chi connectivity index (χ2n) is 3.11. The first-order valence-corrected chi connectivity index (χ1v) is 4.57. The Balaban J connectivity index is 2.77. The van der Waals surface area contributed by atoms with Gasteiger partial charge in [-0.3, -0.25) is 4.84 Å². The molecule has 0 saturated heterocycles. The summed E-state index contributed by atoms with van der Waals surface area (Å²) < 4.78 is 37.2. The van der Waals surface area contributed by atoms with E-state index in [-0.39, 0.29) is 16.7 Å². The summed E-state index contributed by atoms with van der Waals surface area (Å²) in [6.07, 6.45) is -1.73. The molecule has 0 aromatic heterocycles. The maximum Gasteiger partial charge on any atom is 0.508 e. The summed E-state index contributed by atoms with van der Waals surface area (Å²) in [5, 5.41) is 0.0324. The zero-order chi connectivity index (χ0) is 10.8. The van der Waals surface area contributed by atoms with Crippen molar-refractivity contribution in [2.24, 2.45) is 5.92 Å². The molecule has 1 heterocycles. The van der Waals surface area contributed by atoms with Crippen molar-refractivity contribution in [2.75, 3.05) is 0 Å². The van der Waals surface area contributed by atoms with Crippen molar-refractivity contribution >= 4 is 0 Å². The highest BCUT2D eigenvalue weighted by Gasteiger charge is 2.43. The predicted molar refractivity (Wildman–Crippen MR) is 45.4 cm³/mol. The van der Waals surface area contributed by atoms with Crippen LogP contribution in [0.3, 0.4) is 0 Å². The molecule has 0 spiro atoms. The first-order valence-electron chi connectivity index (χ1n) is 4.57. The van der Waals surface area contributed by atoms with Crippen molar-refractivity contribution in [3.8, 4) is 0 Å². The van der Waals surface area contributed by atoms with Crippen LogP contribution in [0.4, 0.5) is 13.2 Å². The molecule has 0 aromatic rings. The average molecular weight is 208 g/mol. The van der Waals surface area contributed by atoms with Crippen LogP contribution in [0.2, 0.25) is 0 Å². The summed E-state index contributed by atoms with van der Waals surface area (Å²) in [5.74, 6) is -0.102. The molecule has 0 N–H and O–H groups in total. The monoisotopic (exact) mass is 208 g/mol. The molecule has 0 saturated carbocycles. The van der Waals surface area contributed by atoms with E-state index in [4.69, 9.17) is 0 Å². The van der Waals surface area contributed by atoms with E-state index in [1.165, 1.54) is 6.08 Å². The molecular weight excluding hydrogens is 195 g/mol. The van der Waals surface area contributed by atoms with E-state index in [1.807, 2.05) is 13.8 Å². The number of rotatable bonds is 3. The molecule has 81 valence electrons. The second-order valence-corrected chi connectivity index (χ2v) is 3.11. The zero-order valence-corrected chi connectivity index (χ0v) is 8.14. The van der Waals surface area contributed by atoms with Gasteiger partial charge in [0, 0.05) is 5.92 Å². The van der Waals surface area contributed by atoms with Crippen LogP contribution in [0.5, 0.6) is 0 Å². The topological polar surface area (TPSA) is 12.5 Å². The van der Waals surface area contributed by atoms with Gasteiger partial charge < -0.3 is 0 Å². The molecule has 0 fully saturated rings. The number of hydrogen-bond acceptors (Lipinski definition) is 2. The lowest BCUT2D eigenvalue weighted by molar-refractivity contribution is -0.337. The largest absolute Gasteiger partial charge is 0.508 e. The summed E-state index contributed by atoms with van der Waals surface area (Å²) in [7, 11) is 0. The van der Waals surface area contributed by atoms with E-state index < -0.39 is 6.30 Å². The maximum absolute atomic E-state index is 12.4. The van der Waals surface area contributed by atoms with E-state index in [9.17, 15) is 13.2 Å². The fraction of sp³-hybridized carbons (Fsp3) is 0.667. The molecule has 5 heteroatoms. The van der Waals surface area contributed by atoms with Gasteiger partial charge in [0.15, 0.2) is 0 Å². The molecule has 0 amide bonds. The van der Waals surface area contributed by atoms with Crippen LogP contribution in [-0.2, 0) is 4.84 Å². The van der Waals surface area contributed by atoms with Gasteiger partial charge in [-0.25, -0.2) is 0 Å². The minimum absolute atomic E-state index is 0.0324. The molecule has 0 aromatic carbocycles. The van der Waals surface area contributed by atoms with Crippen molar-refractivity contribution < 1.29 is 18.0 Å². The predicted octanol–water partition coefficient (Wildman–Crippen LogP) is 3.24. The Kier molecular flexibility index (Phi) is 3.42. The highest BCUT2D eigenvalue weighted by molar-refractivity contribution is 5.12. The van der Waals surface area contributed by atoms with Gasteiger partial charge in [0.1, 0.15) is 6.61 Å². The van der Waals surface area contributed by atoms with Gasteiger partial charge in [-0.2, -0.15) is 5.06 Å². The number of nitrogens with zero attached hydrogens (tertiary/aromatic N) is 1. The molecule has 0 aliphatic carbocycles. The van der Waals surface area contributed by atoms with Crippen LogP contribution in [-0.4, -0.2) is 11.4 Å². The molecule has 1 aliphatic heterocycles. The molecular formula is C9H13F3NO. The number of hydroxylamine groups is 2. The van der Waals surface area contributed by atoms with E-state index in [0.717, 1.165) is 6.61 Å². The third kappa shape index (κ3) is 2.20. The third-order valence-electron chi connectivity index (χ3n) is 2.27. The Labute approximate surface area is 81.3 Å². The van der Waals surface area contributed by atoms with Crippen LogP contribution in [0.15, 0.2) is 11.8 Å². The normalized spacial score (nSPS) is 17.9. The summed E-state index contributed by atoms with van der Waals surface area (Å²) in [4.78, 5) is 4.41. The number of alkyl halides is 3. The molecule has 1 aliphatic rings. The number of halogens is 3. The number of hydrogen-bond donors (Lipinski definition) is 0. The molecule has 1 radical (unpaired) electrons. The van der Waals surface area contributed by atoms with Crippen LogP contribution < -0.4 is 0 Å². The summed E-state index contributed by atoms with van der Waals surface area (Å²) in [6, 6.07) is 0. The summed E-state index contributed by atoms with van der Waals surface area (Å²) in [6.45, 7) is 4.80. The quantitative estimate of drug-likeness (QED) is 0.660. The van der Waals surface area contributed by atoms with Crippen molar-refractivity contribution in [1.29, 1.82) is 0 Å². The minimum atomic E-state index is -4.46. The van der Waals surface area contributed by atoms with E-state index >= 15 is 0 Å². The van der Waals surface area contributed by atoms with Crippen LogP contribution in [0.1, 0.15) is 26.7 Å². The Hall–Kier alpha value is -0.710. The Bertz CT molecular complexity index is 221. The van der Waals surface area contributed by atoms with Crippen LogP contribution in [0.25, 0.3) is 0 Å². The summed E-state index contributed by atoms with van der Waals surface area (Å²) in [5.41, 5.74) is 0.197. The Morgan fingerprint density at radius 1 is 1.36 bits per heavy atom. The lowest BCUT2D eigenvalue weighted by atomic mass is 9.99. The molecule has 0 atom stereocenters. The maximum atomic E-state index is 12.4. The van der Waals surface area contributed by atoms with Gasteiger partial charge >= 0.3 is 6.30 Å². The first-order chi connectivity index (χ1) is 6.50. The van der Waals surface area contributed by atoms with E-state index in [1.54, 1.807) is 0 Å². The second kappa shape index (κ2) is 4.21. The Morgan fingerprint density at radius 3 is 2.36 bits per heavy atom. The lowest BCUT2D eigenvalue weighted by Gasteiger charge is -2.26. The molecule has 0 bridgehead atoms. The molecule has 14 heavy (non-hydrogen) atoms. The first kappa shape index (κ1) is 11.4. The van der Waals surface area contributed by atoms with E-state index in [2.05, 4.69) is 4.84 Å². The highest BCUT2D eigenvalue weighted by Crippen LogP contribution is 2.36. The van der Waals surface area contributed by atoms with Crippen molar-refractivity contribution in [2.45, 2.75) is 33.0 Å². The SMILES string of the molecule is CCC(CC)C1=C[CH]ON1C(F)(F)F. The van der Waals surface area contributed by atoms with E-state index in [0.29, 0.717) is 12.8 Å². The van der Waals surface area contributed by atoms with Gasteiger partial charge in [0.25, 0.3) is 0 Å². The van der Waals surface area contributed by atoms with Crippen molar-refractivity contribution in [3.05, 3.63) is 18.4 Å². The van der Waals surface area contributed by atoms with Crippen molar-refractivity contribution in [3.63, 3.8) is 0 Å². The Morgan fingerprint density at radius 2 is 1.93 bits per heavy atom. The smallest absolute Gasteiger partial charge is 0.255 e. The molecule has 1 rings (SSSR count). The number of allylic oxidation sites excluding steroid dienone is 1. The van der Waals surface area contributed by atoms with Gasteiger partial charge in [-0.1, -0.05) is 13.8 Å². The van der Waals surface area contributed by atoms with Crippen molar-refractivity contribution in [1.82, 2.24) is 5.06 Å². The third-order valence-corrected chi connectivity index (χ3v) is 2.27. The molecule has 0 unspecified atom stereocenters. The van der Waals surface area contributed by atoms with Gasteiger partial charge in [0.05, 0.1) is 5.70 Å². The summed E-state index contributed by atoms with van der Waals surface area (Å²) >= 11 is 0. The van der Waals surface area contributed by atoms with Gasteiger partial charge in [0.2, 0.25) is 0 Å². The minimum Gasteiger partial charge on any atom is -0.255 e. The zero-order valence-electron chi connectivity index (χ0n) is 8.14. The fourth-order valence-corrected chi connectivity index (χ4v) is 1.50. The van der Waals surface area contributed by atoms with Crippen LogP contribution in [0, 0.1) is 12.5 Å².